The molecule has 1 saturated carbocycles. The molecule has 8 heteroatoms. The van der Waals surface area contributed by atoms with E-state index < -0.39 is 0 Å². The second kappa shape index (κ2) is 9.37. The van der Waals surface area contributed by atoms with Crippen molar-refractivity contribution in [2.45, 2.75) is 44.7 Å². The Kier molecular flexibility index (Phi) is 6.11. The Labute approximate surface area is 205 Å². The molecule has 8 nitrogen and oxygen atoms in total. The maximum absolute atomic E-state index is 13.5. The Balaban J connectivity index is 1.44. The van der Waals surface area contributed by atoms with Gasteiger partial charge in [0.1, 0.15) is 17.2 Å². The van der Waals surface area contributed by atoms with Crippen LogP contribution in [0.4, 0.5) is 5.69 Å². The second-order valence-corrected chi connectivity index (χ2v) is 9.25. The van der Waals surface area contributed by atoms with Gasteiger partial charge in [-0.15, -0.1) is 0 Å². The van der Waals surface area contributed by atoms with E-state index in [-0.39, 0.29) is 29.6 Å². The standard InChI is InChI=1S/C27H30N6O2/c1-17(34)19-13-11-18(12-14-19)15-16-29-25-23(24(28)30-20-7-4-3-5-8-20)26(35)32(2)27-31-21-9-6-10-22(21)33(25)27/h3-5,7-8,11-14,21-22,29H,6,9-10,15-16H2,1-2H3,(H2,28,30)/t21-,22+/m1/s1. The Morgan fingerprint density at radius 1 is 1.11 bits per heavy atom. The van der Waals surface area contributed by atoms with Crippen molar-refractivity contribution in [3.63, 3.8) is 0 Å². The highest BCUT2D eigenvalue weighted by Gasteiger charge is 2.48. The minimum atomic E-state index is -0.248. The molecule has 180 valence electrons. The van der Waals surface area contributed by atoms with Crippen LogP contribution < -0.4 is 10.6 Å². The molecule has 2 aliphatic heterocycles. The number of para-hydroxylation sites is 1. The summed E-state index contributed by atoms with van der Waals surface area (Å²) in [6, 6.07) is 17.4. The fourth-order valence-corrected chi connectivity index (χ4v) is 5.08. The highest BCUT2D eigenvalue weighted by molar-refractivity contribution is 6.28. The maximum atomic E-state index is 13.5. The van der Waals surface area contributed by atoms with Crippen LogP contribution in [0.2, 0.25) is 0 Å². The number of nitrogens with zero attached hydrogens (tertiary/aromatic N) is 3. The number of likely N-dealkylation sites (N-methyl/N-ethyl adjacent to an activating group) is 1. The minimum Gasteiger partial charge on any atom is -0.370 e. The number of carbonyl (C=O) groups excluding carboxylic acids is 2. The summed E-state index contributed by atoms with van der Waals surface area (Å²) in [6.45, 7) is 2.14. The molecule has 2 atom stereocenters. The number of hydrogen-bond acceptors (Lipinski definition) is 6. The molecule has 1 aliphatic carbocycles. The molecule has 0 unspecified atom stereocenters. The van der Waals surface area contributed by atoms with Crippen LogP contribution >= 0.6 is 0 Å². The number of amidine groups is 1. The lowest BCUT2D eigenvalue weighted by Gasteiger charge is -2.39. The van der Waals surface area contributed by atoms with Crippen molar-refractivity contribution >= 4 is 29.2 Å². The monoisotopic (exact) mass is 470 g/mol. The number of fused-ring (bicyclic) bond motifs is 3. The minimum absolute atomic E-state index is 0.0470. The molecule has 1 fully saturated rings. The first kappa shape index (κ1) is 22.8. The molecule has 2 heterocycles. The van der Waals surface area contributed by atoms with Crippen LogP contribution in [-0.2, 0) is 11.2 Å². The molecule has 0 spiro atoms. The van der Waals surface area contributed by atoms with Crippen LogP contribution in [-0.4, -0.2) is 59.0 Å². The Bertz CT molecular complexity index is 1220. The van der Waals surface area contributed by atoms with E-state index in [2.05, 4.69) is 15.5 Å². The van der Waals surface area contributed by atoms with Gasteiger partial charge in [-0.3, -0.25) is 24.8 Å². The molecule has 0 radical (unpaired) electrons. The molecule has 0 aromatic heterocycles. The third-order valence-electron chi connectivity index (χ3n) is 6.93. The van der Waals surface area contributed by atoms with Gasteiger partial charge in [0.2, 0.25) is 5.96 Å². The number of carbonyl (C=O) groups is 2. The van der Waals surface area contributed by atoms with Gasteiger partial charge < -0.3 is 10.6 Å². The van der Waals surface area contributed by atoms with Gasteiger partial charge in [0.25, 0.3) is 5.91 Å². The summed E-state index contributed by atoms with van der Waals surface area (Å²) < 4.78 is 0. The Morgan fingerprint density at radius 2 is 1.86 bits per heavy atom. The Morgan fingerprint density at radius 3 is 2.57 bits per heavy atom. The van der Waals surface area contributed by atoms with Gasteiger partial charge in [-0.2, -0.15) is 0 Å². The predicted octanol–water partition coefficient (Wildman–Crippen LogP) is 3.39. The van der Waals surface area contributed by atoms with E-state index in [1.165, 1.54) is 0 Å². The van der Waals surface area contributed by atoms with E-state index in [1.54, 1.807) is 18.9 Å². The highest BCUT2D eigenvalue weighted by atomic mass is 16.2. The molecule has 2 aromatic rings. The Hall–Kier alpha value is -3.94. The molecular weight excluding hydrogens is 440 g/mol. The number of aliphatic imine (C=N–C) groups is 1. The first-order valence-electron chi connectivity index (χ1n) is 12.1. The number of amides is 1. The summed E-state index contributed by atoms with van der Waals surface area (Å²) >= 11 is 0. The lowest BCUT2D eigenvalue weighted by atomic mass is 10.1. The summed E-state index contributed by atoms with van der Waals surface area (Å²) in [5.41, 5.74) is 2.86. The lowest BCUT2D eigenvalue weighted by molar-refractivity contribution is -0.123. The fraction of sp³-hybridized carbons (Fsp3) is 0.333. The van der Waals surface area contributed by atoms with Gasteiger partial charge in [0.05, 0.1) is 12.1 Å². The second-order valence-electron chi connectivity index (χ2n) is 9.25. The largest absolute Gasteiger partial charge is 0.370 e. The maximum Gasteiger partial charge on any atom is 0.267 e. The molecule has 0 bridgehead atoms. The van der Waals surface area contributed by atoms with Crippen molar-refractivity contribution in [1.82, 2.24) is 15.1 Å². The number of nitrogens with one attached hydrogen (secondary N) is 3. The molecule has 3 N–H and O–H groups in total. The topological polar surface area (TPSA) is 101 Å². The third kappa shape index (κ3) is 4.32. The smallest absolute Gasteiger partial charge is 0.267 e. The first-order chi connectivity index (χ1) is 16.9. The fourth-order valence-electron chi connectivity index (χ4n) is 5.08. The summed E-state index contributed by atoms with van der Waals surface area (Å²) in [6.07, 6.45) is 3.83. The van der Waals surface area contributed by atoms with Crippen molar-refractivity contribution in [3.05, 3.63) is 77.1 Å². The van der Waals surface area contributed by atoms with E-state index >= 15 is 0 Å². The van der Waals surface area contributed by atoms with E-state index in [9.17, 15) is 9.59 Å². The zero-order chi connectivity index (χ0) is 24.5. The van der Waals surface area contributed by atoms with Crippen molar-refractivity contribution in [1.29, 1.82) is 5.41 Å². The van der Waals surface area contributed by atoms with Crippen LogP contribution in [0.15, 0.2) is 71.0 Å². The van der Waals surface area contributed by atoms with E-state index in [4.69, 9.17) is 10.4 Å². The zero-order valence-electron chi connectivity index (χ0n) is 20.0. The van der Waals surface area contributed by atoms with E-state index in [0.717, 1.165) is 30.5 Å². The normalized spacial score (nSPS) is 21.0. The van der Waals surface area contributed by atoms with Gasteiger partial charge in [-0.25, -0.2) is 4.99 Å². The quantitative estimate of drug-likeness (QED) is 0.327. The molecule has 2 aromatic carbocycles. The van der Waals surface area contributed by atoms with Crippen molar-refractivity contribution in [2.24, 2.45) is 4.99 Å². The average molecular weight is 471 g/mol. The van der Waals surface area contributed by atoms with Gasteiger partial charge in [-0.05, 0) is 50.3 Å². The summed E-state index contributed by atoms with van der Waals surface area (Å²) in [4.78, 5) is 33.6. The van der Waals surface area contributed by atoms with Gasteiger partial charge in [0, 0.05) is 24.8 Å². The molecule has 5 rings (SSSR count). The summed E-state index contributed by atoms with van der Waals surface area (Å²) in [7, 11) is 1.73. The van der Waals surface area contributed by atoms with Crippen LogP contribution in [0.1, 0.15) is 42.1 Å². The van der Waals surface area contributed by atoms with Crippen molar-refractivity contribution in [2.75, 3.05) is 18.9 Å². The van der Waals surface area contributed by atoms with Crippen molar-refractivity contribution in [3.8, 4) is 0 Å². The highest BCUT2D eigenvalue weighted by Crippen LogP contribution is 2.38. The number of anilines is 1. The van der Waals surface area contributed by atoms with Crippen molar-refractivity contribution < 1.29 is 9.59 Å². The average Bonchev–Trinajstić information content (AvgIpc) is 3.45. The first-order valence-corrected chi connectivity index (χ1v) is 12.1. The summed E-state index contributed by atoms with van der Waals surface area (Å²) in [5, 5.41) is 15.4. The predicted molar refractivity (Wildman–Crippen MR) is 136 cm³/mol. The van der Waals surface area contributed by atoms with Crippen LogP contribution in [0.5, 0.6) is 0 Å². The van der Waals surface area contributed by atoms with Crippen LogP contribution in [0.25, 0.3) is 0 Å². The third-order valence-corrected chi connectivity index (χ3v) is 6.93. The number of Topliss-reactive ketones (excluding diaryl/α,β-unsaturated/α-hetero) is 1. The zero-order valence-corrected chi connectivity index (χ0v) is 20.0. The molecule has 3 aliphatic rings. The number of rotatable bonds is 7. The molecule has 35 heavy (non-hydrogen) atoms. The van der Waals surface area contributed by atoms with Gasteiger partial charge in [-0.1, -0.05) is 42.5 Å². The van der Waals surface area contributed by atoms with E-state index in [1.807, 2.05) is 54.6 Å². The van der Waals surface area contributed by atoms with Crippen LogP contribution in [0.3, 0.4) is 0 Å². The number of ketones is 1. The SMILES string of the molecule is CC(=O)c1ccc(CCNC2=C(C(=N)Nc3ccccc3)C(=O)N(C)C3=N[C@@H]4CCC[C@@H]4N32)cc1. The number of hydrogen-bond donors (Lipinski definition) is 3. The molecule has 1 amide bonds. The van der Waals surface area contributed by atoms with Gasteiger partial charge >= 0.3 is 0 Å². The van der Waals surface area contributed by atoms with Crippen LogP contribution in [0, 0.1) is 5.41 Å². The number of benzene rings is 2. The number of guanidine groups is 1. The lowest BCUT2D eigenvalue weighted by Crippen LogP contribution is -2.55. The summed E-state index contributed by atoms with van der Waals surface area (Å²) in [5.74, 6) is 1.17. The molecule has 0 saturated heterocycles. The van der Waals surface area contributed by atoms with Gasteiger partial charge in [0.15, 0.2) is 5.78 Å². The molecular formula is C27H30N6O2. The van der Waals surface area contributed by atoms with E-state index in [0.29, 0.717) is 35.9 Å².